The number of ether oxygens (including phenoxy) is 2. The molecule has 0 aliphatic heterocycles. The second-order valence-electron chi connectivity index (χ2n) is 11.9. The van der Waals surface area contributed by atoms with Crippen molar-refractivity contribution in [1.29, 1.82) is 0 Å². The van der Waals surface area contributed by atoms with Crippen LogP contribution >= 0.6 is 24.4 Å². The minimum Gasteiger partial charge on any atom is -0.505 e. The number of azo groups is 2. The molecule has 0 aromatic heterocycles. The quantitative estimate of drug-likeness (QED) is 0.0106. The molecule has 4 rings (SSSR count). The van der Waals surface area contributed by atoms with Crippen molar-refractivity contribution in [2.45, 2.75) is 33.4 Å². The van der Waals surface area contributed by atoms with Gasteiger partial charge in [-0.2, -0.15) is 16.8 Å². The number of methoxy groups -OCH3 is 2. The van der Waals surface area contributed by atoms with Crippen LogP contribution in [0.5, 0.6) is 17.2 Å². The van der Waals surface area contributed by atoms with Crippen molar-refractivity contribution < 1.29 is 95.0 Å². The predicted molar refractivity (Wildman–Crippen MR) is 214 cm³/mol. The second kappa shape index (κ2) is 20.9. The van der Waals surface area contributed by atoms with Crippen LogP contribution < -0.4 is 15.2 Å². The SMILES string of the molecule is COc1cc(S(=O)(=O)CCOS(=O)(=O)O)c(C)cc1/N=N/c1c(S(=O)(=O)O)cc2cc(SOOO)c(/N=N/c3cc(C)c(S(=O)(=O)CCOSOOO)cc3OC)c(O)c2c1N. The molecular weight excluding hydrogens is 959 g/mol. The zero-order valence-corrected chi connectivity index (χ0v) is 36.8. The maximum Gasteiger partial charge on any atom is 0.397 e. The molecule has 7 N–H and O–H groups in total. The van der Waals surface area contributed by atoms with Gasteiger partial charge in [0, 0.05) is 12.1 Å². The Bertz CT molecular complexity index is 2840. The molecule has 4 aromatic rings. The Kier molecular flexibility index (Phi) is 16.9. The molecule has 0 saturated heterocycles. The normalized spacial score (nSPS) is 12.8. The number of hydrogen-bond acceptors (Lipinski definition) is 26. The fourth-order valence-electron chi connectivity index (χ4n) is 5.37. The Labute approximate surface area is 360 Å². The molecule has 0 unspecified atom stereocenters. The molecule has 0 aliphatic rings. The molecule has 0 amide bonds. The largest absolute Gasteiger partial charge is 0.505 e. The first-order valence-electron chi connectivity index (χ1n) is 16.3. The van der Waals surface area contributed by atoms with Gasteiger partial charge in [0.25, 0.3) is 10.1 Å². The fraction of sp³-hybridized carbons (Fsp3) is 0.267. The molecule has 26 nitrogen and oxygen atoms in total. The van der Waals surface area contributed by atoms with E-state index in [1.807, 2.05) is 0 Å². The lowest BCUT2D eigenvalue weighted by Crippen LogP contribution is -2.16. The molecule has 32 heteroatoms. The summed E-state index contributed by atoms with van der Waals surface area (Å²) in [6.45, 7) is 1.47. The van der Waals surface area contributed by atoms with E-state index in [-0.39, 0.29) is 90.4 Å². The van der Waals surface area contributed by atoms with Crippen LogP contribution in [-0.2, 0) is 67.3 Å². The van der Waals surface area contributed by atoms with E-state index in [1.165, 1.54) is 27.0 Å². The van der Waals surface area contributed by atoms with Gasteiger partial charge in [-0.1, -0.05) is 10.1 Å². The Hall–Kier alpha value is -4.36. The van der Waals surface area contributed by atoms with Crippen molar-refractivity contribution in [3.05, 3.63) is 47.5 Å². The van der Waals surface area contributed by atoms with Gasteiger partial charge < -0.3 is 20.3 Å². The monoisotopic (exact) mass is 991 g/mol. The first-order chi connectivity index (χ1) is 29.0. The highest BCUT2D eigenvalue weighted by atomic mass is 32.3. The highest BCUT2D eigenvalue weighted by Crippen LogP contribution is 2.50. The van der Waals surface area contributed by atoms with Gasteiger partial charge in [-0.3, -0.25) is 13.3 Å². The van der Waals surface area contributed by atoms with Crippen LogP contribution in [0, 0.1) is 13.8 Å². The molecule has 0 atom stereocenters. The van der Waals surface area contributed by atoms with Gasteiger partial charge in [0.05, 0.1) is 76.7 Å². The van der Waals surface area contributed by atoms with Crippen LogP contribution in [0.4, 0.5) is 28.4 Å². The Balaban J connectivity index is 1.85. The van der Waals surface area contributed by atoms with Crippen molar-refractivity contribution >= 4 is 104 Å². The summed E-state index contributed by atoms with van der Waals surface area (Å²) in [5.74, 6) is -2.59. The lowest BCUT2D eigenvalue weighted by Gasteiger charge is -2.15. The maximum atomic E-state index is 13.0. The molecule has 340 valence electrons. The molecule has 4 aromatic carbocycles. The number of nitrogens with zero attached hydrogens (tertiary/aromatic N) is 4. The smallest absolute Gasteiger partial charge is 0.397 e. The van der Waals surface area contributed by atoms with E-state index in [9.17, 15) is 43.3 Å². The maximum absolute atomic E-state index is 13.0. The zero-order valence-electron chi connectivity index (χ0n) is 31.9. The number of anilines is 1. The Morgan fingerprint density at radius 2 is 1.19 bits per heavy atom. The van der Waals surface area contributed by atoms with E-state index < -0.39 is 86.0 Å². The van der Waals surface area contributed by atoms with Crippen LogP contribution in [-0.4, -0.2) is 97.3 Å². The number of aryl methyl sites for hydroxylation is 2. The molecule has 0 radical (unpaired) electrons. The van der Waals surface area contributed by atoms with E-state index in [4.69, 9.17) is 34.5 Å². The molecule has 0 aliphatic carbocycles. The van der Waals surface area contributed by atoms with Gasteiger partial charge in [-0.05, 0) is 54.6 Å². The number of aromatic hydroxyl groups is 1. The summed E-state index contributed by atoms with van der Waals surface area (Å²) in [6, 6.07) is 6.58. The lowest BCUT2D eigenvalue weighted by atomic mass is 10.1. The van der Waals surface area contributed by atoms with E-state index in [0.717, 1.165) is 37.4 Å². The van der Waals surface area contributed by atoms with Crippen LogP contribution in [0.3, 0.4) is 0 Å². The number of rotatable bonds is 22. The summed E-state index contributed by atoms with van der Waals surface area (Å²) in [7, 11) is -16.0. The minimum absolute atomic E-state index is 0.0217. The van der Waals surface area contributed by atoms with Crippen molar-refractivity contribution in [2.75, 3.05) is 44.7 Å². The van der Waals surface area contributed by atoms with Gasteiger partial charge in [0.2, 0.25) is 0 Å². The third kappa shape index (κ3) is 12.4. The summed E-state index contributed by atoms with van der Waals surface area (Å²) >= 11 is 0.436. The average molecular weight is 992 g/mol. The summed E-state index contributed by atoms with van der Waals surface area (Å²) in [6.07, 6.45) is 0. The number of sulfone groups is 2. The van der Waals surface area contributed by atoms with Crippen molar-refractivity contribution in [2.24, 2.45) is 20.5 Å². The van der Waals surface area contributed by atoms with E-state index in [0.29, 0.717) is 0 Å². The van der Waals surface area contributed by atoms with Gasteiger partial charge in [-0.25, -0.2) is 31.5 Å². The van der Waals surface area contributed by atoms with E-state index in [2.05, 4.69) is 43.4 Å². The third-order valence-electron chi connectivity index (χ3n) is 8.01. The van der Waals surface area contributed by atoms with Crippen molar-refractivity contribution in [3.63, 3.8) is 0 Å². The summed E-state index contributed by atoms with van der Waals surface area (Å²) in [4.78, 5) is -1.67. The highest BCUT2D eigenvalue weighted by molar-refractivity contribution is 7.94. The topological polar surface area (TPSA) is 387 Å². The van der Waals surface area contributed by atoms with Gasteiger partial charge in [0.15, 0.2) is 37.7 Å². The van der Waals surface area contributed by atoms with Gasteiger partial charge in [-0.15, -0.1) is 29.1 Å². The fourth-order valence-corrected chi connectivity index (χ4v) is 9.98. The number of phenolic OH excluding ortho intramolecular Hbond substituents is 1. The first-order valence-corrected chi connectivity index (χ1v) is 23.8. The molecule has 62 heavy (non-hydrogen) atoms. The lowest BCUT2D eigenvalue weighted by molar-refractivity contribution is -0.434. The summed E-state index contributed by atoms with van der Waals surface area (Å²) < 4.78 is 146. The zero-order chi connectivity index (χ0) is 46.2. The van der Waals surface area contributed by atoms with Gasteiger partial charge >= 0.3 is 10.4 Å². The van der Waals surface area contributed by atoms with Gasteiger partial charge in [0.1, 0.15) is 39.1 Å². The molecule has 0 spiro atoms. The predicted octanol–water partition coefficient (Wildman–Crippen LogP) is 5.64. The number of nitrogens with two attached hydrogens (primary N) is 1. The molecule has 0 bridgehead atoms. The summed E-state index contributed by atoms with van der Waals surface area (Å²) in [5.41, 5.74) is 4.50. The van der Waals surface area contributed by atoms with Crippen LogP contribution in [0.1, 0.15) is 11.1 Å². The number of hydrogen-bond donors (Lipinski definition) is 6. The van der Waals surface area contributed by atoms with E-state index >= 15 is 0 Å². The molecular formula is C30H33N5O21S6. The molecule has 0 heterocycles. The number of fused-ring (bicyclic) bond motifs is 1. The Morgan fingerprint density at radius 1 is 0.677 bits per heavy atom. The highest BCUT2D eigenvalue weighted by Gasteiger charge is 2.27. The average Bonchev–Trinajstić information content (AvgIpc) is 3.17. The minimum atomic E-state index is -5.18. The standard InChI is InChI=1S/C30H33N5O21S6/c1-15-9-18(20(49-3)13-23(15)59(39,40)7-5-51-58-56-54-38)32-34-28-22(57-55-53-37)11-17-12-25(61(43,44)45)29(27(31)26(17)30(28)36)35-33-19-10-16(2)24(14-21(19)50-4)60(41,42)8-6-52-62(46,47)48/h9-14,36-38H,5-8,31H2,1-4H3,(H,43,44,45)(H,46,47,48)/b34-32+,35-33+. The van der Waals surface area contributed by atoms with Crippen LogP contribution in [0.2, 0.25) is 0 Å². The molecule has 0 fully saturated rings. The first kappa shape index (κ1) is 50.3. The molecule has 0 saturated carbocycles. The van der Waals surface area contributed by atoms with Crippen LogP contribution in [0.25, 0.3) is 10.8 Å². The Morgan fingerprint density at radius 3 is 1.68 bits per heavy atom. The summed E-state index contributed by atoms with van der Waals surface area (Å²) in [5, 5.41) is 51.2. The number of phenols is 1. The van der Waals surface area contributed by atoms with Crippen molar-refractivity contribution in [3.8, 4) is 17.2 Å². The second-order valence-corrected chi connectivity index (χ2v) is 19.8. The van der Waals surface area contributed by atoms with Crippen molar-refractivity contribution in [1.82, 2.24) is 0 Å². The number of nitrogen functional groups attached to an aromatic ring is 1. The van der Waals surface area contributed by atoms with E-state index in [1.54, 1.807) is 0 Å². The third-order valence-corrected chi connectivity index (χ3v) is 14.0. The number of benzene rings is 4. The van der Waals surface area contributed by atoms with Crippen LogP contribution in [0.15, 0.2) is 76.4 Å².